The average Bonchev–Trinajstić information content (AvgIpc) is 3.09. The fourth-order valence-electron chi connectivity index (χ4n) is 3.33. The number of nitrogens with one attached hydrogen (secondary N) is 1. The van der Waals surface area contributed by atoms with Crippen molar-refractivity contribution in [1.29, 1.82) is 0 Å². The number of hydrogen-bond donors (Lipinski definition) is 1. The van der Waals surface area contributed by atoms with Gasteiger partial charge in [0.2, 0.25) is 15.9 Å². The summed E-state index contributed by atoms with van der Waals surface area (Å²) in [5.41, 5.74) is 1.53. The van der Waals surface area contributed by atoms with Crippen molar-refractivity contribution in [3.05, 3.63) is 62.2 Å². The molecule has 2 aromatic carbocycles. The monoisotopic (exact) mass is 495 g/mol. The lowest BCUT2D eigenvalue weighted by molar-refractivity contribution is -0.131. The molecule has 4 rings (SSSR count). The van der Waals surface area contributed by atoms with Gasteiger partial charge in [-0.25, -0.2) is 8.42 Å². The maximum Gasteiger partial charge on any atom is 0.305 e. The Kier molecular flexibility index (Phi) is 5.60. The van der Waals surface area contributed by atoms with Gasteiger partial charge in [0.1, 0.15) is 0 Å². The summed E-state index contributed by atoms with van der Waals surface area (Å²) in [5.74, 6) is -0.0209. The number of nitrogens with zero attached hydrogens (tertiary/aromatic N) is 2. The van der Waals surface area contributed by atoms with Crippen LogP contribution in [0.2, 0.25) is 0 Å². The number of carbonyl (C=O) groups excluding carboxylic acids is 1. The van der Waals surface area contributed by atoms with Gasteiger partial charge >= 0.3 is 4.87 Å². The highest BCUT2D eigenvalue weighted by molar-refractivity contribution is 9.10. The molecule has 0 radical (unpaired) electrons. The van der Waals surface area contributed by atoms with Crippen molar-refractivity contribution in [3.63, 3.8) is 0 Å². The van der Waals surface area contributed by atoms with Crippen LogP contribution >= 0.6 is 27.3 Å². The van der Waals surface area contributed by atoms with Gasteiger partial charge in [-0.2, -0.15) is 4.31 Å². The number of H-pyrrole nitrogens is 1. The Labute approximate surface area is 180 Å². The van der Waals surface area contributed by atoms with Gasteiger partial charge in [0.05, 0.1) is 21.5 Å². The van der Waals surface area contributed by atoms with Gasteiger partial charge in [-0.15, -0.1) is 0 Å². The summed E-state index contributed by atoms with van der Waals surface area (Å²) >= 11 is 4.43. The molecule has 1 aliphatic rings. The summed E-state index contributed by atoms with van der Waals surface area (Å²) < 4.78 is 28.9. The van der Waals surface area contributed by atoms with Crippen molar-refractivity contribution in [1.82, 2.24) is 14.2 Å². The normalized spacial score (nSPS) is 15.7. The zero-order valence-corrected chi connectivity index (χ0v) is 18.5. The predicted octanol–water partition coefficient (Wildman–Crippen LogP) is 2.43. The molecule has 0 saturated carbocycles. The van der Waals surface area contributed by atoms with Crippen LogP contribution in [-0.2, 0) is 21.2 Å². The van der Waals surface area contributed by atoms with Crippen LogP contribution in [0.5, 0.6) is 0 Å². The van der Waals surface area contributed by atoms with Gasteiger partial charge in [0, 0.05) is 30.7 Å². The van der Waals surface area contributed by atoms with E-state index in [4.69, 9.17) is 0 Å². The van der Waals surface area contributed by atoms with E-state index >= 15 is 0 Å². The number of aromatic nitrogens is 1. The Bertz CT molecular complexity index is 1230. The Morgan fingerprint density at radius 1 is 1.10 bits per heavy atom. The number of piperazine rings is 1. The van der Waals surface area contributed by atoms with Gasteiger partial charge in [-0.05, 0) is 29.8 Å². The second kappa shape index (κ2) is 8.02. The standard InChI is InChI=1S/C19H18BrN3O4S2/c20-15-4-2-1-3-13(15)11-18(24)22-7-9-23(10-8-22)29(26,27)14-5-6-16-17(12-14)28-19(25)21-16/h1-6,12H,7-11H2,(H,21,25). The van der Waals surface area contributed by atoms with Crippen LogP contribution in [0.15, 0.2) is 56.6 Å². The third kappa shape index (κ3) is 4.16. The van der Waals surface area contributed by atoms with Crippen LogP contribution in [0.25, 0.3) is 10.2 Å². The molecular weight excluding hydrogens is 478 g/mol. The van der Waals surface area contributed by atoms with E-state index in [1.165, 1.54) is 16.4 Å². The number of amides is 1. The van der Waals surface area contributed by atoms with Gasteiger partial charge in [-0.3, -0.25) is 9.59 Å². The minimum Gasteiger partial charge on any atom is -0.340 e. The van der Waals surface area contributed by atoms with Gasteiger partial charge in [0.25, 0.3) is 0 Å². The number of fused-ring (bicyclic) bond motifs is 1. The summed E-state index contributed by atoms with van der Waals surface area (Å²) in [7, 11) is -3.68. The largest absolute Gasteiger partial charge is 0.340 e. The van der Waals surface area contributed by atoms with Crippen molar-refractivity contribution in [3.8, 4) is 0 Å². The molecule has 3 aromatic rings. The van der Waals surface area contributed by atoms with Crippen LogP contribution in [0.4, 0.5) is 0 Å². The average molecular weight is 496 g/mol. The molecule has 1 aliphatic heterocycles. The maximum atomic E-state index is 13.0. The number of carbonyl (C=O) groups is 1. The second-order valence-electron chi connectivity index (χ2n) is 6.73. The second-order valence-corrected chi connectivity index (χ2v) is 10.5. The third-order valence-electron chi connectivity index (χ3n) is 4.92. The lowest BCUT2D eigenvalue weighted by atomic mass is 10.1. The molecule has 1 saturated heterocycles. The molecule has 152 valence electrons. The topological polar surface area (TPSA) is 90.6 Å². The van der Waals surface area contributed by atoms with Crippen LogP contribution in [0.1, 0.15) is 5.56 Å². The SMILES string of the molecule is O=C(Cc1ccccc1Br)N1CCN(S(=O)(=O)c2ccc3[nH]c(=O)sc3c2)CC1. The molecule has 29 heavy (non-hydrogen) atoms. The molecule has 2 heterocycles. The summed E-state index contributed by atoms with van der Waals surface area (Å²) in [5, 5.41) is 0. The molecule has 0 spiro atoms. The smallest absolute Gasteiger partial charge is 0.305 e. The molecule has 1 aromatic heterocycles. The molecule has 1 fully saturated rings. The maximum absolute atomic E-state index is 13.0. The number of benzene rings is 2. The van der Waals surface area contributed by atoms with E-state index in [-0.39, 0.29) is 35.2 Å². The highest BCUT2D eigenvalue weighted by atomic mass is 79.9. The fraction of sp³-hybridized carbons (Fsp3) is 0.263. The first-order chi connectivity index (χ1) is 13.8. The first kappa shape index (κ1) is 20.3. The van der Waals surface area contributed by atoms with Gasteiger partial charge in [-0.1, -0.05) is 45.5 Å². The van der Waals surface area contributed by atoms with E-state index < -0.39 is 10.0 Å². The Morgan fingerprint density at radius 2 is 1.83 bits per heavy atom. The first-order valence-corrected chi connectivity index (χ1v) is 12.0. The van der Waals surface area contributed by atoms with E-state index in [2.05, 4.69) is 20.9 Å². The number of hydrogen-bond acceptors (Lipinski definition) is 5. The van der Waals surface area contributed by atoms with Crippen molar-refractivity contribution in [2.24, 2.45) is 0 Å². The molecule has 0 atom stereocenters. The summed E-state index contributed by atoms with van der Waals surface area (Å²) in [4.78, 5) is 28.4. The molecule has 0 aliphatic carbocycles. The van der Waals surface area contributed by atoms with Crippen molar-refractivity contribution in [2.45, 2.75) is 11.3 Å². The van der Waals surface area contributed by atoms with Crippen molar-refractivity contribution in [2.75, 3.05) is 26.2 Å². The summed E-state index contributed by atoms with van der Waals surface area (Å²) in [6.07, 6.45) is 0.275. The number of halogens is 1. The van der Waals surface area contributed by atoms with Crippen molar-refractivity contribution >= 4 is 53.4 Å². The molecule has 1 N–H and O–H groups in total. The first-order valence-electron chi connectivity index (χ1n) is 8.99. The van der Waals surface area contributed by atoms with Gasteiger partial charge < -0.3 is 9.88 Å². The number of rotatable bonds is 4. The number of aromatic amines is 1. The van der Waals surface area contributed by atoms with Crippen LogP contribution in [0, 0.1) is 0 Å². The highest BCUT2D eigenvalue weighted by Crippen LogP contribution is 2.24. The molecular formula is C19H18BrN3O4S2. The van der Waals surface area contributed by atoms with Crippen LogP contribution in [-0.4, -0.2) is 54.7 Å². The molecule has 0 bridgehead atoms. The van der Waals surface area contributed by atoms with E-state index in [9.17, 15) is 18.0 Å². The Morgan fingerprint density at radius 3 is 2.55 bits per heavy atom. The zero-order chi connectivity index (χ0) is 20.6. The summed E-state index contributed by atoms with van der Waals surface area (Å²) in [6, 6.07) is 12.2. The predicted molar refractivity (Wildman–Crippen MR) is 116 cm³/mol. The van der Waals surface area contributed by atoms with Crippen molar-refractivity contribution < 1.29 is 13.2 Å². The van der Waals surface area contributed by atoms with Crippen LogP contribution in [0.3, 0.4) is 0 Å². The Hall–Kier alpha value is -2.01. The fourth-order valence-corrected chi connectivity index (χ4v) is 6.05. The van der Waals surface area contributed by atoms with Crippen LogP contribution < -0.4 is 4.87 Å². The minimum atomic E-state index is -3.68. The molecule has 0 unspecified atom stereocenters. The summed E-state index contributed by atoms with van der Waals surface area (Å²) in [6.45, 7) is 1.18. The third-order valence-corrected chi connectivity index (χ3v) is 8.43. The lowest BCUT2D eigenvalue weighted by Gasteiger charge is -2.34. The molecule has 10 heteroatoms. The Balaban J connectivity index is 1.44. The van der Waals surface area contributed by atoms with Gasteiger partial charge in [0.15, 0.2) is 0 Å². The van der Waals surface area contributed by atoms with E-state index in [0.29, 0.717) is 23.3 Å². The lowest BCUT2D eigenvalue weighted by Crippen LogP contribution is -2.50. The zero-order valence-electron chi connectivity index (χ0n) is 15.3. The van der Waals surface area contributed by atoms with E-state index in [1.54, 1.807) is 11.0 Å². The quantitative estimate of drug-likeness (QED) is 0.601. The minimum absolute atomic E-state index is 0.0209. The molecule has 1 amide bonds. The number of thiazole rings is 1. The molecule has 7 nitrogen and oxygen atoms in total. The highest BCUT2D eigenvalue weighted by Gasteiger charge is 2.30. The van der Waals surface area contributed by atoms with E-state index in [1.807, 2.05) is 24.3 Å². The number of sulfonamides is 1. The van der Waals surface area contributed by atoms with E-state index in [0.717, 1.165) is 21.4 Å².